The van der Waals surface area contributed by atoms with E-state index in [-0.39, 0.29) is 5.91 Å². The molecule has 1 amide bonds. The van der Waals surface area contributed by atoms with Crippen LogP contribution in [0.15, 0.2) is 18.2 Å². The van der Waals surface area contributed by atoms with E-state index in [9.17, 15) is 4.79 Å². The molecule has 1 aromatic carbocycles. The van der Waals surface area contributed by atoms with Crippen LogP contribution in [0, 0.1) is 17.8 Å². The summed E-state index contributed by atoms with van der Waals surface area (Å²) >= 11 is 0. The molecule has 0 aromatic heterocycles. The van der Waals surface area contributed by atoms with E-state index in [0.29, 0.717) is 23.8 Å². The molecule has 3 unspecified atom stereocenters. The number of carbonyl (C=O) groups is 1. The molecule has 4 heteroatoms. The monoisotopic (exact) mass is 289 g/mol. The number of hydrogen-bond donors (Lipinski definition) is 1. The zero-order valence-corrected chi connectivity index (χ0v) is 12.7. The molecular formula is C17H23NO3. The van der Waals surface area contributed by atoms with E-state index < -0.39 is 0 Å². The smallest absolute Gasteiger partial charge is 0.224 e. The van der Waals surface area contributed by atoms with Gasteiger partial charge in [0, 0.05) is 18.2 Å². The van der Waals surface area contributed by atoms with Crippen LogP contribution in [0.2, 0.25) is 0 Å². The van der Waals surface area contributed by atoms with Crippen LogP contribution in [0.25, 0.3) is 0 Å². The Morgan fingerprint density at radius 1 is 1.19 bits per heavy atom. The van der Waals surface area contributed by atoms with Gasteiger partial charge in [-0.3, -0.25) is 4.79 Å². The van der Waals surface area contributed by atoms with Crippen LogP contribution in [0.1, 0.15) is 32.1 Å². The lowest BCUT2D eigenvalue weighted by molar-refractivity contribution is -0.117. The minimum atomic E-state index is 0.111. The Kier molecular flexibility index (Phi) is 4.04. The van der Waals surface area contributed by atoms with Gasteiger partial charge in [0.05, 0.1) is 14.2 Å². The summed E-state index contributed by atoms with van der Waals surface area (Å²) in [7, 11) is 3.20. The fraction of sp³-hybridized carbons (Fsp3) is 0.588. The van der Waals surface area contributed by atoms with Crippen LogP contribution in [-0.4, -0.2) is 20.1 Å². The van der Waals surface area contributed by atoms with Crippen molar-refractivity contribution >= 4 is 11.6 Å². The second-order valence-corrected chi connectivity index (χ2v) is 6.26. The number of benzene rings is 1. The van der Waals surface area contributed by atoms with Crippen molar-refractivity contribution in [2.24, 2.45) is 17.8 Å². The Balaban J connectivity index is 1.59. The van der Waals surface area contributed by atoms with Gasteiger partial charge in [0.25, 0.3) is 0 Å². The minimum absolute atomic E-state index is 0.111. The van der Waals surface area contributed by atoms with Gasteiger partial charge in [0.2, 0.25) is 5.91 Å². The van der Waals surface area contributed by atoms with Gasteiger partial charge in [0.1, 0.15) is 0 Å². The van der Waals surface area contributed by atoms with Crippen LogP contribution in [0.4, 0.5) is 5.69 Å². The fourth-order valence-electron chi connectivity index (χ4n) is 3.99. The van der Waals surface area contributed by atoms with E-state index in [0.717, 1.165) is 17.5 Å². The SMILES string of the molecule is COc1ccc(NC(=O)CC2CC3CCC2C3)cc1OC. The largest absolute Gasteiger partial charge is 0.493 e. The van der Waals surface area contributed by atoms with E-state index in [1.807, 2.05) is 12.1 Å². The third-order valence-corrected chi connectivity index (χ3v) is 5.00. The molecule has 0 heterocycles. The summed E-state index contributed by atoms with van der Waals surface area (Å²) in [6.07, 6.45) is 5.92. The molecule has 0 radical (unpaired) electrons. The number of anilines is 1. The number of fused-ring (bicyclic) bond motifs is 2. The lowest BCUT2D eigenvalue weighted by Gasteiger charge is -2.21. The summed E-state index contributed by atoms with van der Waals surface area (Å²) in [4.78, 5) is 12.2. The van der Waals surface area contributed by atoms with Crippen molar-refractivity contribution in [1.82, 2.24) is 0 Å². The normalized spacial score (nSPS) is 26.7. The summed E-state index contributed by atoms with van der Waals surface area (Å²) in [5.74, 6) is 3.67. The van der Waals surface area contributed by atoms with Gasteiger partial charge in [-0.15, -0.1) is 0 Å². The van der Waals surface area contributed by atoms with Crippen molar-refractivity contribution in [3.63, 3.8) is 0 Å². The van der Waals surface area contributed by atoms with Gasteiger partial charge in [0.15, 0.2) is 11.5 Å². The number of hydrogen-bond acceptors (Lipinski definition) is 3. The Labute approximate surface area is 125 Å². The number of rotatable bonds is 5. The van der Waals surface area contributed by atoms with Crippen molar-refractivity contribution in [3.8, 4) is 11.5 Å². The average molecular weight is 289 g/mol. The molecule has 2 bridgehead atoms. The van der Waals surface area contributed by atoms with Gasteiger partial charge in [-0.1, -0.05) is 6.42 Å². The standard InChI is InChI=1S/C17H23NO3/c1-20-15-6-5-14(10-16(15)21-2)18-17(19)9-13-8-11-3-4-12(13)7-11/h5-6,10-13H,3-4,7-9H2,1-2H3,(H,18,19). The minimum Gasteiger partial charge on any atom is -0.493 e. The number of carbonyl (C=O) groups excluding carboxylic acids is 1. The second kappa shape index (κ2) is 5.96. The Bertz CT molecular complexity index is 529. The van der Waals surface area contributed by atoms with Gasteiger partial charge >= 0.3 is 0 Å². The van der Waals surface area contributed by atoms with Crippen LogP contribution in [-0.2, 0) is 4.79 Å². The van der Waals surface area contributed by atoms with E-state index in [1.54, 1.807) is 20.3 Å². The van der Waals surface area contributed by atoms with Crippen LogP contribution < -0.4 is 14.8 Å². The first-order valence-electron chi connectivity index (χ1n) is 7.71. The summed E-state index contributed by atoms with van der Waals surface area (Å²) in [6, 6.07) is 5.46. The molecule has 1 aromatic rings. The van der Waals surface area contributed by atoms with Crippen molar-refractivity contribution in [1.29, 1.82) is 0 Å². The van der Waals surface area contributed by atoms with Crippen LogP contribution in [0.5, 0.6) is 11.5 Å². The Morgan fingerprint density at radius 2 is 2.00 bits per heavy atom. The molecule has 0 spiro atoms. The summed E-state index contributed by atoms with van der Waals surface area (Å²) < 4.78 is 10.5. The third-order valence-electron chi connectivity index (χ3n) is 5.00. The quantitative estimate of drug-likeness (QED) is 0.903. The second-order valence-electron chi connectivity index (χ2n) is 6.26. The first-order chi connectivity index (χ1) is 10.2. The highest BCUT2D eigenvalue weighted by molar-refractivity contribution is 5.91. The molecule has 21 heavy (non-hydrogen) atoms. The molecule has 2 saturated carbocycles. The highest BCUT2D eigenvalue weighted by atomic mass is 16.5. The summed E-state index contributed by atoms with van der Waals surface area (Å²) in [5, 5.41) is 2.98. The maximum absolute atomic E-state index is 12.2. The Morgan fingerprint density at radius 3 is 2.62 bits per heavy atom. The maximum atomic E-state index is 12.2. The maximum Gasteiger partial charge on any atom is 0.224 e. The molecule has 3 rings (SSSR count). The van der Waals surface area contributed by atoms with Crippen molar-refractivity contribution < 1.29 is 14.3 Å². The lowest BCUT2D eigenvalue weighted by Crippen LogP contribution is -2.20. The molecule has 0 saturated heterocycles. The molecule has 2 aliphatic carbocycles. The number of amides is 1. The number of nitrogens with one attached hydrogen (secondary N) is 1. The van der Waals surface area contributed by atoms with Crippen molar-refractivity contribution in [3.05, 3.63) is 18.2 Å². The predicted molar refractivity (Wildman–Crippen MR) is 81.7 cm³/mol. The zero-order chi connectivity index (χ0) is 14.8. The molecular weight excluding hydrogens is 266 g/mol. The average Bonchev–Trinajstić information content (AvgIpc) is 3.09. The molecule has 114 valence electrons. The van der Waals surface area contributed by atoms with Gasteiger partial charge in [-0.25, -0.2) is 0 Å². The van der Waals surface area contributed by atoms with Gasteiger partial charge in [-0.05, 0) is 49.1 Å². The molecule has 2 aliphatic rings. The van der Waals surface area contributed by atoms with E-state index >= 15 is 0 Å². The summed E-state index contributed by atoms with van der Waals surface area (Å²) in [6.45, 7) is 0. The third kappa shape index (κ3) is 2.99. The number of methoxy groups -OCH3 is 2. The lowest BCUT2D eigenvalue weighted by atomic mass is 9.86. The fourth-order valence-corrected chi connectivity index (χ4v) is 3.99. The van der Waals surface area contributed by atoms with Crippen molar-refractivity contribution in [2.45, 2.75) is 32.1 Å². The van der Waals surface area contributed by atoms with Crippen molar-refractivity contribution in [2.75, 3.05) is 19.5 Å². The molecule has 4 nitrogen and oxygen atoms in total. The molecule has 1 N–H and O–H groups in total. The molecule has 3 atom stereocenters. The molecule has 2 fully saturated rings. The first kappa shape index (κ1) is 14.2. The Hall–Kier alpha value is -1.71. The first-order valence-corrected chi connectivity index (χ1v) is 7.71. The van der Waals surface area contributed by atoms with Crippen LogP contribution in [0.3, 0.4) is 0 Å². The zero-order valence-electron chi connectivity index (χ0n) is 12.7. The highest BCUT2D eigenvalue weighted by Crippen LogP contribution is 2.49. The molecule has 0 aliphatic heterocycles. The van der Waals surface area contributed by atoms with E-state index in [1.165, 1.54) is 25.7 Å². The topological polar surface area (TPSA) is 47.6 Å². The number of ether oxygens (including phenoxy) is 2. The van der Waals surface area contributed by atoms with E-state index in [2.05, 4.69) is 5.32 Å². The van der Waals surface area contributed by atoms with Gasteiger partial charge < -0.3 is 14.8 Å². The highest BCUT2D eigenvalue weighted by Gasteiger charge is 2.40. The van der Waals surface area contributed by atoms with E-state index in [4.69, 9.17) is 9.47 Å². The summed E-state index contributed by atoms with van der Waals surface area (Å²) in [5.41, 5.74) is 0.765. The predicted octanol–water partition coefficient (Wildman–Crippen LogP) is 3.47. The van der Waals surface area contributed by atoms with Crippen LogP contribution >= 0.6 is 0 Å². The van der Waals surface area contributed by atoms with Gasteiger partial charge in [-0.2, -0.15) is 0 Å².